The zero-order valence-corrected chi connectivity index (χ0v) is 13.0. The lowest BCUT2D eigenvalue weighted by Gasteiger charge is -2.08. The number of carbonyl (C=O) groups excluding carboxylic acids is 2. The topological polar surface area (TPSA) is 109 Å². The van der Waals surface area contributed by atoms with Crippen LogP contribution in [0.3, 0.4) is 0 Å². The van der Waals surface area contributed by atoms with E-state index in [1.165, 1.54) is 6.92 Å². The van der Waals surface area contributed by atoms with E-state index in [-0.39, 0.29) is 22.3 Å². The number of hydrogen-bond acceptors (Lipinski definition) is 6. The molecule has 1 aromatic heterocycles. The zero-order chi connectivity index (χ0) is 16.2. The highest BCUT2D eigenvalue weighted by Gasteiger charge is 2.20. The van der Waals surface area contributed by atoms with Gasteiger partial charge in [0.05, 0.1) is 28.7 Å². The van der Waals surface area contributed by atoms with E-state index in [0.29, 0.717) is 0 Å². The van der Waals surface area contributed by atoms with Gasteiger partial charge in [0.15, 0.2) is 5.78 Å². The van der Waals surface area contributed by atoms with Crippen molar-refractivity contribution < 1.29 is 19.2 Å². The molecule has 21 heavy (non-hydrogen) atoms. The fourth-order valence-corrected chi connectivity index (χ4v) is 2.05. The first kappa shape index (κ1) is 17.0. The molecule has 0 aliphatic heterocycles. The Bertz CT molecular complexity index is 652. The van der Waals surface area contributed by atoms with Crippen LogP contribution in [-0.4, -0.2) is 27.8 Å². The van der Waals surface area contributed by atoms with Gasteiger partial charge in [-0.1, -0.05) is 0 Å². The number of Topliss-reactive ketones (excluding diaryl/α,β-unsaturated/α-hetero) is 1. The Morgan fingerprint density at radius 1 is 1.48 bits per heavy atom. The second-order valence-corrected chi connectivity index (χ2v) is 4.96. The lowest BCUT2D eigenvalue weighted by atomic mass is 10.2. The molecule has 0 saturated heterocycles. The molecule has 8 nitrogen and oxygen atoms in total. The van der Waals surface area contributed by atoms with E-state index in [4.69, 9.17) is 0 Å². The summed E-state index contributed by atoms with van der Waals surface area (Å²) in [5, 5.41) is 10.9. The van der Waals surface area contributed by atoms with Crippen LogP contribution in [0.5, 0.6) is 0 Å². The highest BCUT2D eigenvalue weighted by molar-refractivity contribution is 9.10. The minimum absolute atomic E-state index is 0.0145. The molecule has 0 aliphatic rings. The molecule has 0 amide bonds. The van der Waals surface area contributed by atoms with Crippen LogP contribution in [0.4, 0.5) is 5.69 Å². The normalized spacial score (nSPS) is 10.2. The first-order chi connectivity index (χ1) is 9.77. The van der Waals surface area contributed by atoms with E-state index in [1.54, 1.807) is 6.92 Å². The summed E-state index contributed by atoms with van der Waals surface area (Å²) in [7, 11) is 0. The van der Waals surface area contributed by atoms with Crippen LogP contribution < -0.4 is 5.56 Å². The van der Waals surface area contributed by atoms with Gasteiger partial charge in [-0.15, -0.1) is 0 Å². The summed E-state index contributed by atoms with van der Waals surface area (Å²) in [6.45, 7) is 2.74. The Kier molecular flexibility index (Phi) is 5.77. The fourth-order valence-electron chi connectivity index (χ4n) is 1.62. The Hall–Kier alpha value is -2.03. The SMILES string of the molecule is CCOC(=O)CC(=O)Cn1cc([N+](=O)[O-])c(C)c(Br)c1=O. The number of ether oxygens (including phenoxy) is 1. The number of pyridine rings is 1. The average Bonchev–Trinajstić information content (AvgIpc) is 2.39. The number of ketones is 1. The van der Waals surface area contributed by atoms with Crippen LogP contribution in [0, 0.1) is 17.0 Å². The Balaban J connectivity index is 3.04. The molecule has 0 bridgehead atoms. The smallest absolute Gasteiger partial charge is 0.313 e. The predicted molar refractivity (Wildman–Crippen MR) is 76.1 cm³/mol. The number of hydrogen-bond donors (Lipinski definition) is 0. The molecule has 0 aromatic carbocycles. The molecule has 0 atom stereocenters. The Morgan fingerprint density at radius 2 is 2.10 bits per heavy atom. The lowest BCUT2D eigenvalue weighted by Crippen LogP contribution is -2.27. The van der Waals surface area contributed by atoms with E-state index >= 15 is 0 Å². The van der Waals surface area contributed by atoms with Crippen molar-refractivity contribution >= 4 is 33.4 Å². The van der Waals surface area contributed by atoms with Gasteiger partial charge in [0, 0.05) is 5.56 Å². The average molecular weight is 361 g/mol. The maximum Gasteiger partial charge on any atom is 0.313 e. The van der Waals surface area contributed by atoms with Gasteiger partial charge in [0.25, 0.3) is 11.2 Å². The largest absolute Gasteiger partial charge is 0.466 e. The van der Waals surface area contributed by atoms with Crippen molar-refractivity contribution in [3.05, 3.63) is 36.7 Å². The van der Waals surface area contributed by atoms with E-state index in [0.717, 1.165) is 10.8 Å². The summed E-state index contributed by atoms with van der Waals surface area (Å²) < 4.78 is 5.53. The van der Waals surface area contributed by atoms with Crippen molar-refractivity contribution in [3.63, 3.8) is 0 Å². The maximum absolute atomic E-state index is 11.9. The van der Waals surface area contributed by atoms with Crippen LogP contribution in [0.15, 0.2) is 15.5 Å². The third kappa shape index (κ3) is 4.22. The van der Waals surface area contributed by atoms with Crippen molar-refractivity contribution in [1.29, 1.82) is 0 Å². The Labute approximate surface area is 128 Å². The van der Waals surface area contributed by atoms with Crippen molar-refractivity contribution in [2.45, 2.75) is 26.8 Å². The Morgan fingerprint density at radius 3 is 2.62 bits per heavy atom. The van der Waals surface area contributed by atoms with E-state index in [9.17, 15) is 24.5 Å². The highest BCUT2D eigenvalue weighted by atomic mass is 79.9. The van der Waals surface area contributed by atoms with Gasteiger partial charge in [-0.25, -0.2) is 0 Å². The summed E-state index contributed by atoms with van der Waals surface area (Å²) in [6, 6.07) is 0. The molecule has 114 valence electrons. The van der Waals surface area contributed by atoms with Crippen LogP contribution >= 0.6 is 15.9 Å². The van der Waals surface area contributed by atoms with Crippen LogP contribution in [0.25, 0.3) is 0 Å². The van der Waals surface area contributed by atoms with Crippen molar-refractivity contribution in [3.8, 4) is 0 Å². The van der Waals surface area contributed by atoms with Gasteiger partial charge in [0.1, 0.15) is 6.42 Å². The molecule has 0 spiro atoms. The second-order valence-electron chi connectivity index (χ2n) is 4.16. The number of esters is 1. The third-order valence-electron chi connectivity index (χ3n) is 2.63. The molecule has 0 aliphatic carbocycles. The molecular formula is C12H13BrN2O6. The lowest BCUT2D eigenvalue weighted by molar-refractivity contribution is -0.386. The number of aromatic nitrogens is 1. The summed E-state index contributed by atoms with van der Waals surface area (Å²) in [4.78, 5) is 45.0. The molecular weight excluding hydrogens is 348 g/mol. The summed E-state index contributed by atoms with van der Waals surface area (Å²) in [5.74, 6) is -1.27. The number of nitro groups is 1. The first-order valence-electron chi connectivity index (χ1n) is 5.99. The monoisotopic (exact) mass is 360 g/mol. The van der Waals surface area contributed by atoms with Gasteiger partial charge < -0.3 is 9.30 Å². The van der Waals surface area contributed by atoms with Gasteiger partial charge >= 0.3 is 5.97 Å². The van der Waals surface area contributed by atoms with Gasteiger partial charge in [-0.2, -0.15) is 0 Å². The molecule has 0 N–H and O–H groups in total. The van der Waals surface area contributed by atoms with Crippen molar-refractivity contribution in [1.82, 2.24) is 4.57 Å². The third-order valence-corrected chi connectivity index (χ3v) is 3.56. The van der Waals surface area contributed by atoms with Crippen LogP contribution in [-0.2, 0) is 20.9 Å². The van der Waals surface area contributed by atoms with Crippen molar-refractivity contribution in [2.24, 2.45) is 0 Å². The van der Waals surface area contributed by atoms with Gasteiger partial charge in [-0.05, 0) is 29.8 Å². The molecule has 0 radical (unpaired) electrons. The highest BCUT2D eigenvalue weighted by Crippen LogP contribution is 2.22. The van der Waals surface area contributed by atoms with E-state index in [1.807, 2.05) is 0 Å². The molecule has 9 heteroatoms. The van der Waals surface area contributed by atoms with Gasteiger partial charge in [-0.3, -0.25) is 24.5 Å². The number of carbonyl (C=O) groups is 2. The molecule has 1 heterocycles. The number of nitrogens with zero attached hydrogens (tertiary/aromatic N) is 2. The van der Waals surface area contributed by atoms with Gasteiger partial charge in [0.2, 0.25) is 0 Å². The van der Waals surface area contributed by atoms with E-state index < -0.39 is 35.2 Å². The summed E-state index contributed by atoms with van der Waals surface area (Å²) in [5.41, 5.74) is -0.681. The van der Waals surface area contributed by atoms with Crippen molar-refractivity contribution in [2.75, 3.05) is 6.61 Å². The fraction of sp³-hybridized carbons (Fsp3) is 0.417. The summed E-state index contributed by atoms with van der Waals surface area (Å²) >= 11 is 2.97. The minimum atomic E-state index is -0.698. The van der Waals surface area contributed by atoms with E-state index in [2.05, 4.69) is 20.7 Å². The molecule has 1 aromatic rings. The van der Waals surface area contributed by atoms with Crippen LogP contribution in [0.1, 0.15) is 18.9 Å². The van der Waals surface area contributed by atoms with Crippen LogP contribution in [0.2, 0.25) is 0 Å². The number of rotatable bonds is 6. The maximum atomic E-state index is 11.9. The molecule has 0 fully saturated rings. The molecule has 1 rings (SSSR count). The number of halogens is 1. The second kappa shape index (κ2) is 7.11. The quantitative estimate of drug-likeness (QED) is 0.328. The minimum Gasteiger partial charge on any atom is -0.466 e. The molecule has 0 unspecified atom stereocenters. The first-order valence-corrected chi connectivity index (χ1v) is 6.78. The zero-order valence-electron chi connectivity index (χ0n) is 11.4. The standard InChI is InChI=1S/C12H13BrN2O6/c1-3-21-10(17)4-8(16)5-14-6-9(15(19)20)7(2)11(13)12(14)18/h6H,3-5H2,1-2H3. The molecule has 0 saturated carbocycles. The summed E-state index contributed by atoms with van der Waals surface area (Å²) in [6.07, 6.45) is 0.505. The predicted octanol–water partition coefficient (Wildman–Crippen LogP) is 1.35.